The Labute approximate surface area is 103 Å². The number of epoxide rings is 1. The van der Waals surface area contributed by atoms with Crippen LogP contribution in [0.25, 0.3) is 11.3 Å². The van der Waals surface area contributed by atoms with Gasteiger partial charge in [-0.05, 0) is 12.1 Å². The highest BCUT2D eigenvalue weighted by atomic mass is 16.6. The smallest absolute Gasteiger partial charge is 0.377 e. The summed E-state index contributed by atoms with van der Waals surface area (Å²) in [5.41, 5.74) is 1.99. The summed E-state index contributed by atoms with van der Waals surface area (Å²) in [6.45, 7) is 0.554. The summed E-state index contributed by atoms with van der Waals surface area (Å²) in [5.74, 6) is -0.456. The number of carbonyl (C=O) groups is 1. The van der Waals surface area contributed by atoms with Gasteiger partial charge < -0.3 is 14.0 Å². The van der Waals surface area contributed by atoms with Crippen LogP contribution >= 0.6 is 0 Å². The van der Waals surface area contributed by atoms with Gasteiger partial charge in [-0.1, -0.05) is 5.16 Å². The Morgan fingerprint density at radius 3 is 3.00 bits per heavy atom. The number of carbonyl (C=O) groups excluding carboxylic acids is 1. The van der Waals surface area contributed by atoms with Gasteiger partial charge in [0.25, 0.3) is 5.76 Å². The molecule has 1 aliphatic heterocycles. The molecule has 18 heavy (non-hydrogen) atoms. The lowest BCUT2D eigenvalue weighted by molar-refractivity contribution is 0.0552. The van der Waals surface area contributed by atoms with Crippen LogP contribution < -0.4 is 0 Å². The fraction of sp³-hybridized carbons (Fsp3) is 0.250. The number of esters is 1. The molecule has 3 rings (SSSR count). The minimum atomic E-state index is -0.553. The third-order valence-electron chi connectivity index (χ3n) is 2.69. The van der Waals surface area contributed by atoms with Crippen molar-refractivity contribution < 1.29 is 18.8 Å². The van der Waals surface area contributed by atoms with Gasteiger partial charge in [0, 0.05) is 18.0 Å². The van der Waals surface area contributed by atoms with Gasteiger partial charge in [0.15, 0.2) is 0 Å². The van der Waals surface area contributed by atoms with Crippen LogP contribution in [0.5, 0.6) is 0 Å². The zero-order valence-corrected chi connectivity index (χ0v) is 9.62. The maximum Gasteiger partial charge on any atom is 0.377 e. The summed E-state index contributed by atoms with van der Waals surface area (Å²) in [6, 6.07) is 3.64. The largest absolute Gasteiger partial charge is 0.463 e. The van der Waals surface area contributed by atoms with Crippen molar-refractivity contribution in [1.82, 2.24) is 10.1 Å². The highest BCUT2D eigenvalue weighted by molar-refractivity contribution is 5.90. The molecule has 0 radical (unpaired) electrons. The van der Waals surface area contributed by atoms with E-state index in [1.54, 1.807) is 18.5 Å². The summed E-state index contributed by atoms with van der Waals surface area (Å²) >= 11 is 0. The normalized spacial score (nSPS) is 17.5. The van der Waals surface area contributed by atoms with Gasteiger partial charge in [0.05, 0.1) is 19.3 Å². The quantitative estimate of drug-likeness (QED) is 0.604. The van der Waals surface area contributed by atoms with E-state index in [2.05, 4.69) is 14.9 Å². The Morgan fingerprint density at radius 2 is 2.39 bits per heavy atom. The van der Waals surface area contributed by atoms with Crippen LogP contribution in [0.3, 0.4) is 0 Å². The van der Waals surface area contributed by atoms with Crippen molar-refractivity contribution in [2.24, 2.45) is 0 Å². The number of nitrogens with zero attached hydrogens (tertiary/aromatic N) is 2. The van der Waals surface area contributed by atoms with Crippen LogP contribution in [-0.2, 0) is 9.47 Å². The number of aromatic nitrogens is 2. The van der Waals surface area contributed by atoms with E-state index < -0.39 is 5.97 Å². The van der Waals surface area contributed by atoms with Gasteiger partial charge in [-0.25, -0.2) is 4.79 Å². The van der Waals surface area contributed by atoms with Crippen molar-refractivity contribution in [2.75, 3.05) is 13.7 Å². The number of methoxy groups -OCH3 is 1. The lowest BCUT2D eigenvalue weighted by Crippen LogP contribution is -2.03. The Balaban J connectivity index is 2.10. The maximum absolute atomic E-state index is 11.6. The predicted molar refractivity (Wildman–Crippen MR) is 59.8 cm³/mol. The van der Waals surface area contributed by atoms with Crippen LogP contribution in [0.15, 0.2) is 29.0 Å². The van der Waals surface area contributed by atoms with Crippen molar-refractivity contribution >= 4 is 5.97 Å². The van der Waals surface area contributed by atoms with Gasteiger partial charge in [-0.15, -0.1) is 0 Å². The molecule has 0 aromatic carbocycles. The molecule has 0 spiro atoms. The van der Waals surface area contributed by atoms with Gasteiger partial charge in [0.1, 0.15) is 11.8 Å². The zero-order chi connectivity index (χ0) is 12.5. The Bertz CT molecular complexity index is 575. The van der Waals surface area contributed by atoms with Crippen LogP contribution in [-0.4, -0.2) is 29.8 Å². The molecular formula is C12H10N2O4. The molecule has 0 bridgehead atoms. The Morgan fingerprint density at radius 1 is 1.56 bits per heavy atom. The fourth-order valence-electron chi connectivity index (χ4n) is 1.76. The van der Waals surface area contributed by atoms with Crippen LogP contribution in [0.4, 0.5) is 0 Å². The molecule has 92 valence electrons. The average molecular weight is 246 g/mol. The molecule has 1 fully saturated rings. The second-order valence-corrected chi connectivity index (χ2v) is 3.83. The summed E-state index contributed by atoms with van der Waals surface area (Å²) < 4.78 is 15.0. The summed E-state index contributed by atoms with van der Waals surface area (Å²) in [7, 11) is 1.30. The summed E-state index contributed by atoms with van der Waals surface area (Å²) in [4.78, 5) is 15.6. The summed E-state index contributed by atoms with van der Waals surface area (Å²) in [6.07, 6.45) is 3.17. The van der Waals surface area contributed by atoms with E-state index in [4.69, 9.17) is 9.26 Å². The first kappa shape index (κ1) is 10.9. The Hall–Kier alpha value is -2.21. The summed E-state index contributed by atoms with van der Waals surface area (Å²) in [5, 5.41) is 3.92. The fourth-order valence-corrected chi connectivity index (χ4v) is 1.76. The van der Waals surface area contributed by atoms with E-state index in [-0.39, 0.29) is 11.9 Å². The molecule has 1 unspecified atom stereocenters. The molecule has 2 aromatic rings. The molecule has 0 amide bonds. The van der Waals surface area contributed by atoms with E-state index in [1.807, 2.05) is 6.07 Å². The minimum absolute atomic E-state index is 0.0962. The second kappa shape index (κ2) is 4.23. The zero-order valence-electron chi connectivity index (χ0n) is 9.62. The highest BCUT2D eigenvalue weighted by Crippen LogP contribution is 2.39. The molecule has 0 N–H and O–H groups in total. The van der Waals surface area contributed by atoms with Crippen molar-refractivity contribution in [2.45, 2.75) is 6.10 Å². The van der Waals surface area contributed by atoms with Crippen molar-refractivity contribution in [3.8, 4) is 11.3 Å². The molecular weight excluding hydrogens is 236 g/mol. The predicted octanol–water partition coefficient (Wildman–Crippen LogP) is 1.59. The molecule has 1 aliphatic rings. The number of hydrogen-bond acceptors (Lipinski definition) is 6. The van der Waals surface area contributed by atoms with E-state index in [1.165, 1.54) is 7.11 Å². The lowest BCUT2D eigenvalue weighted by atomic mass is 10.1. The highest BCUT2D eigenvalue weighted by Gasteiger charge is 2.37. The SMILES string of the molecule is COC(=O)c1onc(-c2cccnc2)c1C1CO1. The topological polar surface area (TPSA) is 77.8 Å². The van der Waals surface area contributed by atoms with E-state index in [0.717, 1.165) is 5.56 Å². The van der Waals surface area contributed by atoms with Crippen molar-refractivity contribution in [3.05, 3.63) is 35.9 Å². The molecule has 0 aliphatic carbocycles. The maximum atomic E-state index is 11.6. The molecule has 6 heteroatoms. The van der Waals surface area contributed by atoms with E-state index in [9.17, 15) is 4.79 Å². The minimum Gasteiger partial charge on any atom is -0.463 e. The van der Waals surface area contributed by atoms with Gasteiger partial charge in [-0.2, -0.15) is 0 Å². The van der Waals surface area contributed by atoms with Crippen LogP contribution in [0, 0.1) is 0 Å². The monoisotopic (exact) mass is 246 g/mol. The first-order valence-corrected chi connectivity index (χ1v) is 5.41. The molecule has 0 saturated carbocycles. The first-order valence-electron chi connectivity index (χ1n) is 5.41. The van der Waals surface area contributed by atoms with E-state index >= 15 is 0 Å². The third kappa shape index (κ3) is 1.76. The first-order chi connectivity index (χ1) is 8.81. The van der Waals surface area contributed by atoms with Crippen LogP contribution in [0.2, 0.25) is 0 Å². The van der Waals surface area contributed by atoms with Gasteiger partial charge >= 0.3 is 5.97 Å². The van der Waals surface area contributed by atoms with Crippen molar-refractivity contribution in [3.63, 3.8) is 0 Å². The number of pyridine rings is 1. The van der Waals surface area contributed by atoms with Gasteiger partial charge in [0.2, 0.25) is 0 Å². The van der Waals surface area contributed by atoms with Crippen molar-refractivity contribution in [1.29, 1.82) is 0 Å². The molecule has 6 nitrogen and oxygen atoms in total. The number of hydrogen-bond donors (Lipinski definition) is 0. The number of rotatable bonds is 3. The average Bonchev–Trinajstić information content (AvgIpc) is 3.17. The second-order valence-electron chi connectivity index (χ2n) is 3.83. The third-order valence-corrected chi connectivity index (χ3v) is 2.69. The van der Waals surface area contributed by atoms with Gasteiger partial charge in [-0.3, -0.25) is 4.98 Å². The van der Waals surface area contributed by atoms with Crippen LogP contribution in [0.1, 0.15) is 22.2 Å². The standard InChI is InChI=1S/C12H10N2O4/c1-16-12(15)11-9(8-6-17-8)10(14-18-11)7-3-2-4-13-5-7/h2-5,8H,6H2,1H3. The molecule has 2 aromatic heterocycles. The molecule has 3 heterocycles. The Kier molecular flexibility index (Phi) is 2.56. The lowest BCUT2D eigenvalue weighted by Gasteiger charge is -1.99. The molecule has 1 atom stereocenters. The number of ether oxygens (including phenoxy) is 2. The molecule has 1 saturated heterocycles. The van der Waals surface area contributed by atoms with E-state index in [0.29, 0.717) is 17.9 Å².